The maximum atomic E-state index is 5.62. The number of fused-ring (bicyclic) bond motifs is 3. The zero-order valence-corrected chi connectivity index (χ0v) is 8.88. The van der Waals surface area contributed by atoms with E-state index in [9.17, 15) is 0 Å². The molecule has 1 heterocycles. The molecular weight excluding hydrogens is 228 g/mol. The number of benzene rings is 1. The molecule has 0 saturated carbocycles. The van der Waals surface area contributed by atoms with Crippen LogP contribution in [-0.4, -0.2) is 6.10 Å². The van der Waals surface area contributed by atoms with E-state index in [1.54, 1.807) is 0 Å². The normalized spacial score (nSPS) is 30.2. The van der Waals surface area contributed by atoms with Gasteiger partial charge in [-0.3, -0.25) is 0 Å². The van der Waals surface area contributed by atoms with Crippen molar-refractivity contribution in [2.24, 2.45) is 0 Å². The Labute approximate surface area is 86.2 Å². The van der Waals surface area contributed by atoms with Crippen molar-refractivity contribution in [2.75, 3.05) is 0 Å². The maximum absolute atomic E-state index is 5.62. The Morgan fingerprint density at radius 3 is 3.23 bits per heavy atom. The monoisotopic (exact) mass is 238 g/mol. The molecule has 0 N–H and O–H groups in total. The minimum Gasteiger partial charge on any atom is -0.364 e. The molecule has 1 aromatic carbocycles. The molecule has 3 rings (SSSR count). The highest BCUT2D eigenvalue weighted by molar-refractivity contribution is 9.10. The lowest BCUT2D eigenvalue weighted by molar-refractivity contribution is 0.357. The van der Waals surface area contributed by atoms with Gasteiger partial charge in [0.2, 0.25) is 0 Å². The molecule has 2 heteroatoms. The third-order valence-electron chi connectivity index (χ3n) is 2.93. The van der Waals surface area contributed by atoms with Crippen molar-refractivity contribution in [3.05, 3.63) is 33.8 Å². The van der Waals surface area contributed by atoms with E-state index in [0.29, 0.717) is 12.2 Å². The lowest BCUT2D eigenvalue weighted by atomic mass is 10.0. The van der Waals surface area contributed by atoms with Crippen molar-refractivity contribution < 1.29 is 4.74 Å². The van der Waals surface area contributed by atoms with Crippen LogP contribution in [0.5, 0.6) is 0 Å². The molecule has 1 aromatic rings. The summed E-state index contributed by atoms with van der Waals surface area (Å²) in [5, 5.41) is 0. The number of ether oxygens (including phenoxy) is 1. The van der Waals surface area contributed by atoms with E-state index in [1.165, 1.54) is 34.9 Å². The number of halogens is 1. The number of rotatable bonds is 0. The molecule has 0 aromatic heterocycles. The first-order chi connectivity index (χ1) is 6.34. The third-order valence-corrected chi connectivity index (χ3v) is 3.42. The van der Waals surface area contributed by atoms with Crippen LogP contribution in [0.1, 0.15) is 30.1 Å². The minimum absolute atomic E-state index is 0.412. The smallest absolute Gasteiger partial charge is 0.109 e. The van der Waals surface area contributed by atoms with E-state index >= 15 is 0 Å². The van der Waals surface area contributed by atoms with E-state index < -0.39 is 0 Å². The van der Waals surface area contributed by atoms with Crippen molar-refractivity contribution in [2.45, 2.75) is 31.5 Å². The topological polar surface area (TPSA) is 12.5 Å². The molecule has 0 amide bonds. The maximum Gasteiger partial charge on any atom is 0.109 e. The highest BCUT2D eigenvalue weighted by atomic mass is 79.9. The van der Waals surface area contributed by atoms with Crippen molar-refractivity contribution in [1.82, 2.24) is 0 Å². The largest absolute Gasteiger partial charge is 0.364 e. The van der Waals surface area contributed by atoms with Crippen molar-refractivity contribution >= 4 is 15.9 Å². The molecule has 0 unspecified atom stereocenters. The van der Waals surface area contributed by atoms with Gasteiger partial charge in [-0.05, 0) is 42.5 Å². The summed E-state index contributed by atoms with van der Waals surface area (Å²) in [4.78, 5) is 0. The average molecular weight is 239 g/mol. The van der Waals surface area contributed by atoms with Gasteiger partial charge in [0.15, 0.2) is 0 Å². The summed E-state index contributed by atoms with van der Waals surface area (Å²) >= 11 is 3.51. The van der Waals surface area contributed by atoms with Crippen LogP contribution < -0.4 is 0 Å². The second-order valence-corrected chi connectivity index (χ2v) is 4.75. The SMILES string of the molecule is Brc1ccc2c(c1)[C@H]1O[C@@H]1CCC2. The summed E-state index contributed by atoms with van der Waals surface area (Å²) in [5.74, 6) is 0. The zero-order chi connectivity index (χ0) is 8.84. The standard InChI is InChI=1S/C11H11BrO/c12-8-5-4-7-2-1-3-10-11(13-10)9(7)6-8/h4-6,10-11H,1-3H2/t10-,11-/m1/s1. The van der Waals surface area contributed by atoms with Crippen molar-refractivity contribution in [3.8, 4) is 0 Å². The molecule has 13 heavy (non-hydrogen) atoms. The molecule has 0 bridgehead atoms. The van der Waals surface area contributed by atoms with Gasteiger partial charge in [-0.15, -0.1) is 0 Å². The first kappa shape index (κ1) is 8.01. The summed E-state index contributed by atoms with van der Waals surface area (Å²) < 4.78 is 6.79. The molecule has 2 atom stereocenters. The first-order valence-electron chi connectivity index (χ1n) is 4.78. The Kier molecular flexibility index (Phi) is 1.74. The Hall–Kier alpha value is -0.340. The molecule has 0 spiro atoms. The Morgan fingerprint density at radius 1 is 1.38 bits per heavy atom. The van der Waals surface area contributed by atoms with Gasteiger partial charge in [-0.25, -0.2) is 0 Å². The number of hydrogen-bond acceptors (Lipinski definition) is 1. The predicted octanol–water partition coefficient (Wildman–Crippen LogP) is 3.23. The van der Waals surface area contributed by atoms with Crippen LogP contribution in [0.25, 0.3) is 0 Å². The Morgan fingerprint density at radius 2 is 2.31 bits per heavy atom. The third kappa shape index (κ3) is 1.32. The van der Waals surface area contributed by atoms with E-state index in [4.69, 9.17) is 4.74 Å². The summed E-state index contributed by atoms with van der Waals surface area (Å²) in [7, 11) is 0. The van der Waals surface area contributed by atoms with Gasteiger partial charge >= 0.3 is 0 Å². The van der Waals surface area contributed by atoms with Gasteiger partial charge in [-0.1, -0.05) is 22.0 Å². The molecule has 1 aliphatic carbocycles. The summed E-state index contributed by atoms with van der Waals surface area (Å²) in [5.41, 5.74) is 2.89. The quantitative estimate of drug-likeness (QED) is 0.633. The van der Waals surface area contributed by atoms with Crippen molar-refractivity contribution in [1.29, 1.82) is 0 Å². The lowest BCUT2D eigenvalue weighted by Gasteiger charge is -2.05. The first-order valence-corrected chi connectivity index (χ1v) is 5.58. The minimum atomic E-state index is 0.412. The Bertz CT molecular complexity index is 348. The summed E-state index contributed by atoms with van der Waals surface area (Å²) in [6.45, 7) is 0. The summed E-state index contributed by atoms with van der Waals surface area (Å²) in [6, 6.07) is 6.57. The van der Waals surface area contributed by atoms with Crippen molar-refractivity contribution in [3.63, 3.8) is 0 Å². The van der Waals surface area contributed by atoms with Gasteiger partial charge in [0.05, 0.1) is 6.10 Å². The second kappa shape index (κ2) is 2.82. The van der Waals surface area contributed by atoms with E-state index in [-0.39, 0.29) is 0 Å². The van der Waals surface area contributed by atoms with E-state index in [1.807, 2.05) is 0 Å². The molecule has 0 radical (unpaired) electrons. The van der Waals surface area contributed by atoms with Gasteiger partial charge < -0.3 is 4.74 Å². The van der Waals surface area contributed by atoms with Gasteiger partial charge in [0.25, 0.3) is 0 Å². The molecule has 2 aliphatic rings. The fraction of sp³-hybridized carbons (Fsp3) is 0.455. The van der Waals surface area contributed by atoms with Crippen LogP contribution in [0.15, 0.2) is 22.7 Å². The van der Waals surface area contributed by atoms with E-state index in [2.05, 4.69) is 34.1 Å². The van der Waals surface area contributed by atoms with Crippen LogP contribution >= 0.6 is 15.9 Å². The second-order valence-electron chi connectivity index (χ2n) is 3.83. The highest BCUT2D eigenvalue weighted by Crippen LogP contribution is 2.46. The number of epoxide rings is 1. The van der Waals surface area contributed by atoms with E-state index in [0.717, 1.165) is 0 Å². The molecule has 1 fully saturated rings. The molecule has 1 nitrogen and oxygen atoms in total. The van der Waals surface area contributed by atoms with Crippen LogP contribution in [0.4, 0.5) is 0 Å². The fourth-order valence-electron chi connectivity index (χ4n) is 2.19. The van der Waals surface area contributed by atoms with Gasteiger partial charge in [-0.2, -0.15) is 0 Å². The molecule has 1 aliphatic heterocycles. The van der Waals surface area contributed by atoms with Gasteiger partial charge in [0.1, 0.15) is 6.10 Å². The number of aryl methyl sites for hydroxylation is 1. The van der Waals surface area contributed by atoms with Crippen LogP contribution in [-0.2, 0) is 11.2 Å². The molecule has 1 saturated heterocycles. The van der Waals surface area contributed by atoms with Crippen LogP contribution in [0.2, 0.25) is 0 Å². The molecule has 68 valence electrons. The lowest BCUT2D eigenvalue weighted by Crippen LogP contribution is -1.90. The zero-order valence-electron chi connectivity index (χ0n) is 7.29. The van der Waals surface area contributed by atoms with Gasteiger partial charge in [0, 0.05) is 4.47 Å². The fourth-order valence-corrected chi connectivity index (χ4v) is 2.57. The van der Waals surface area contributed by atoms with Crippen LogP contribution in [0, 0.1) is 0 Å². The highest BCUT2D eigenvalue weighted by Gasteiger charge is 2.42. The predicted molar refractivity (Wildman–Crippen MR) is 54.7 cm³/mol. The van der Waals surface area contributed by atoms with Crippen LogP contribution in [0.3, 0.4) is 0 Å². The summed E-state index contributed by atoms with van der Waals surface area (Å²) in [6.07, 6.45) is 4.66. The number of hydrogen-bond donors (Lipinski definition) is 0. The Balaban J connectivity index is 2.09. The average Bonchev–Trinajstić information content (AvgIpc) is 2.85. The molecular formula is C11H11BrO.